The van der Waals surface area contributed by atoms with Crippen LogP contribution in [-0.4, -0.2) is 47.7 Å². The van der Waals surface area contributed by atoms with Gasteiger partial charge in [-0.3, -0.25) is 0 Å². The number of hydrogen-bond acceptors (Lipinski definition) is 11. The highest BCUT2D eigenvalue weighted by Gasteiger charge is 2.16. The Hall–Kier alpha value is -6.10. The van der Waals surface area contributed by atoms with Crippen molar-refractivity contribution in [2.45, 2.75) is 0 Å². The van der Waals surface area contributed by atoms with E-state index in [1.165, 1.54) is 36.4 Å². The summed E-state index contributed by atoms with van der Waals surface area (Å²) in [6.45, 7) is 0. The van der Waals surface area contributed by atoms with E-state index < -0.39 is 46.4 Å². The van der Waals surface area contributed by atoms with Gasteiger partial charge in [0.1, 0.15) is 17.2 Å². The van der Waals surface area contributed by atoms with Crippen LogP contribution in [0.2, 0.25) is 0 Å². The Bertz CT molecular complexity index is 1640. The van der Waals surface area contributed by atoms with Gasteiger partial charge in [-0.1, -0.05) is 24.3 Å². The molecule has 0 atom stereocenters. The van der Waals surface area contributed by atoms with Gasteiger partial charge in [-0.25, -0.2) is 9.59 Å². The molecule has 0 fully saturated rings. The zero-order chi connectivity index (χ0) is 29.7. The molecule has 4 aromatic rings. The first kappa shape index (κ1) is 27.9. The number of phenolic OH excluding ortho intramolecular Hbond substituents is 7. The SMILES string of the molecule is O=C(/C=C/c1cc(O)c(O)c(O)c1)Oc1cc(/C=C/c2ccc(O)cc2)cc(OC(=O)c2cc(O)c(O)c(O)c2)c1. The van der Waals surface area contributed by atoms with Crippen molar-refractivity contribution in [1.29, 1.82) is 0 Å². The third kappa shape index (κ3) is 7.06. The Morgan fingerprint density at radius 3 is 1.61 bits per heavy atom. The van der Waals surface area contributed by atoms with Crippen molar-refractivity contribution in [3.8, 4) is 51.7 Å². The maximum atomic E-state index is 12.7. The van der Waals surface area contributed by atoms with E-state index in [1.807, 2.05) is 0 Å². The Morgan fingerprint density at radius 1 is 0.537 bits per heavy atom. The van der Waals surface area contributed by atoms with Crippen LogP contribution < -0.4 is 9.47 Å². The number of phenols is 7. The molecule has 0 aromatic heterocycles. The highest BCUT2D eigenvalue weighted by Crippen LogP contribution is 2.37. The van der Waals surface area contributed by atoms with Gasteiger partial charge in [-0.05, 0) is 71.3 Å². The Balaban J connectivity index is 1.61. The van der Waals surface area contributed by atoms with Crippen LogP contribution in [0.1, 0.15) is 27.0 Å². The van der Waals surface area contributed by atoms with E-state index >= 15 is 0 Å². The number of carbonyl (C=O) groups excluding carboxylic acids is 2. The molecular formula is C30H22O11. The van der Waals surface area contributed by atoms with Crippen LogP contribution in [0.5, 0.6) is 51.7 Å². The minimum atomic E-state index is -1.00. The van der Waals surface area contributed by atoms with Gasteiger partial charge < -0.3 is 45.2 Å². The largest absolute Gasteiger partial charge is 0.508 e. The minimum absolute atomic E-state index is 0.0388. The van der Waals surface area contributed by atoms with E-state index in [4.69, 9.17) is 9.47 Å². The third-order valence-electron chi connectivity index (χ3n) is 5.50. The molecule has 41 heavy (non-hydrogen) atoms. The number of benzene rings is 4. The Kier molecular flexibility index (Phi) is 8.00. The van der Waals surface area contributed by atoms with Crippen LogP contribution in [0.15, 0.2) is 72.8 Å². The first-order valence-corrected chi connectivity index (χ1v) is 11.7. The fraction of sp³-hybridized carbons (Fsp3) is 0. The molecule has 0 unspecified atom stereocenters. The third-order valence-corrected chi connectivity index (χ3v) is 5.50. The molecule has 0 saturated heterocycles. The molecule has 0 radical (unpaired) electrons. The van der Waals surface area contributed by atoms with E-state index in [-0.39, 0.29) is 28.4 Å². The lowest BCUT2D eigenvalue weighted by Gasteiger charge is -2.10. The van der Waals surface area contributed by atoms with Crippen LogP contribution >= 0.6 is 0 Å². The lowest BCUT2D eigenvalue weighted by Crippen LogP contribution is -2.09. The van der Waals surface area contributed by atoms with Crippen molar-refractivity contribution < 1.29 is 54.8 Å². The quantitative estimate of drug-likeness (QED) is 0.0549. The topological polar surface area (TPSA) is 194 Å². The van der Waals surface area contributed by atoms with E-state index in [0.717, 1.165) is 35.9 Å². The number of carbonyl (C=O) groups is 2. The van der Waals surface area contributed by atoms with Crippen LogP contribution in [0.4, 0.5) is 0 Å². The standard InChI is InChI=1S/C30H22O11/c31-20-6-3-16(4-7-20)1-2-17-9-21(40-27(36)8-5-18-11-23(32)28(37)24(33)12-18)15-22(10-17)41-30(39)19-13-25(34)29(38)26(35)14-19/h1-15,31-35,37-38H/b2-1+,8-5+. The lowest BCUT2D eigenvalue weighted by molar-refractivity contribution is -0.128. The normalized spacial score (nSPS) is 11.1. The second-order valence-electron chi connectivity index (χ2n) is 8.58. The lowest BCUT2D eigenvalue weighted by atomic mass is 10.1. The summed E-state index contributed by atoms with van der Waals surface area (Å²) >= 11 is 0. The summed E-state index contributed by atoms with van der Waals surface area (Å²) in [5, 5.41) is 67.1. The number of hydrogen-bond donors (Lipinski definition) is 7. The van der Waals surface area contributed by atoms with Gasteiger partial charge in [0.15, 0.2) is 34.5 Å². The summed E-state index contributed by atoms with van der Waals surface area (Å²) < 4.78 is 10.7. The minimum Gasteiger partial charge on any atom is -0.508 e. The first-order valence-electron chi connectivity index (χ1n) is 11.7. The molecular weight excluding hydrogens is 536 g/mol. The molecule has 0 aliphatic heterocycles. The Labute approximate surface area is 232 Å². The molecule has 7 N–H and O–H groups in total. The summed E-state index contributed by atoms with van der Waals surface area (Å²) in [5.41, 5.74) is 1.07. The van der Waals surface area contributed by atoms with E-state index in [1.54, 1.807) is 24.3 Å². The van der Waals surface area contributed by atoms with Crippen LogP contribution in [-0.2, 0) is 4.79 Å². The van der Waals surface area contributed by atoms with E-state index in [0.29, 0.717) is 5.56 Å². The van der Waals surface area contributed by atoms with Gasteiger partial charge in [-0.2, -0.15) is 0 Å². The molecule has 4 rings (SSSR count). The van der Waals surface area contributed by atoms with Crippen molar-refractivity contribution in [3.63, 3.8) is 0 Å². The van der Waals surface area contributed by atoms with Crippen molar-refractivity contribution >= 4 is 30.2 Å². The van der Waals surface area contributed by atoms with Gasteiger partial charge in [0.05, 0.1) is 5.56 Å². The summed E-state index contributed by atoms with van der Waals surface area (Å²) in [6.07, 6.45) is 5.53. The predicted octanol–water partition coefficient (Wildman–Crippen LogP) is 4.63. The molecule has 0 aliphatic carbocycles. The molecule has 0 bridgehead atoms. The number of rotatable bonds is 7. The highest BCUT2D eigenvalue weighted by atomic mass is 16.5. The second-order valence-corrected chi connectivity index (χ2v) is 8.58. The average Bonchev–Trinajstić information content (AvgIpc) is 2.92. The molecule has 11 nitrogen and oxygen atoms in total. The van der Waals surface area contributed by atoms with Gasteiger partial charge in [0.2, 0.25) is 0 Å². The first-order chi connectivity index (χ1) is 19.5. The van der Waals surface area contributed by atoms with Gasteiger partial charge >= 0.3 is 11.9 Å². The van der Waals surface area contributed by atoms with Crippen LogP contribution in [0, 0.1) is 0 Å². The summed E-state index contributed by atoms with van der Waals surface area (Å²) in [5.74, 6) is -6.06. The summed E-state index contributed by atoms with van der Waals surface area (Å²) in [6, 6.07) is 14.5. The zero-order valence-corrected chi connectivity index (χ0v) is 20.9. The average molecular weight is 558 g/mol. The smallest absolute Gasteiger partial charge is 0.343 e. The van der Waals surface area contributed by atoms with E-state index in [2.05, 4.69) is 0 Å². The molecule has 0 saturated carbocycles. The van der Waals surface area contributed by atoms with Gasteiger partial charge in [-0.15, -0.1) is 0 Å². The number of ether oxygens (including phenoxy) is 2. The monoisotopic (exact) mass is 558 g/mol. The number of esters is 2. The van der Waals surface area contributed by atoms with Crippen molar-refractivity contribution in [3.05, 3.63) is 95.1 Å². The van der Waals surface area contributed by atoms with Gasteiger partial charge in [0.25, 0.3) is 0 Å². The van der Waals surface area contributed by atoms with Crippen molar-refractivity contribution in [1.82, 2.24) is 0 Å². The Morgan fingerprint density at radius 2 is 1.02 bits per heavy atom. The highest BCUT2D eigenvalue weighted by molar-refractivity contribution is 5.93. The van der Waals surface area contributed by atoms with E-state index in [9.17, 15) is 45.3 Å². The molecule has 0 spiro atoms. The fourth-order valence-electron chi connectivity index (χ4n) is 3.51. The second kappa shape index (κ2) is 11.7. The summed E-state index contributed by atoms with van der Waals surface area (Å²) in [7, 11) is 0. The number of aromatic hydroxyl groups is 7. The predicted molar refractivity (Wildman–Crippen MR) is 146 cm³/mol. The maximum absolute atomic E-state index is 12.7. The molecule has 208 valence electrons. The molecule has 4 aromatic carbocycles. The van der Waals surface area contributed by atoms with Gasteiger partial charge in [0, 0.05) is 12.1 Å². The van der Waals surface area contributed by atoms with Crippen molar-refractivity contribution in [2.75, 3.05) is 0 Å². The molecule has 0 heterocycles. The molecule has 0 aliphatic rings. The molecule has 11 heteroatoms. The van der Waals surface area contributed by atoms with Crippen LogP contribution in [0.3, 0.4) is 0 Å². The maximum Gasteiger partial charge on any atom is 0.343 e. The molecule has 0 amide bonds. The fourth-order valence-corrected chi connectivity index (χ4v) is 3.51. The van der Waals surface area contributed by atoms with Crippen molar-refractivity contribution in [2.24, 2.45) is 0 Å². The zero-order valence-electron chi connectivity index (χ0n) is 20.9. The summed E-state index contributed by atoms with van der Waals surface area (Å²) in [4.78, 5) is 25.2. The van der Waals surface area contributed by atoms with Crippen LogP contribution in [0.25, 0.3) is 18.2 Å².